The number of benzene rings is 1. The fraction of sp³-hybridized carbons (Fsp3) is 0.476. The van der Waals surface area contributed by atoms with E-state index in [-0.39, 0.29) is 18.2 Å². The van der Waals surface area contributed by atoms with Crippen LogP contribution in [-0.2, 0) is 15.1 Å². The van der Waals surface area contributed by atoms with Gasteiger partial charge in [-0.1, -0.05) is 18.2 Å². The van der Waals surface area contributed by atoms with Crippen molar-refractivity contribution in [3.05, 3.63) is 41.6 Å². The number of urea groups is 1. The van der Waals surface area contributed by atoms with Gasteiger partial charge in [0, 0.05) is 12.2 Å². The summed E-state index contributed by atoms with van der Waals surface area (Å²) >= 11 is 0. The van der Waals surface area contributed by atoms with Gasteiger partial charge in [0.2, 0.25) is 5.91 Å². The van der Waals surface area contributed by atoms with Crippen molar-refractivity contribution in [3.8, 4) is 5.75 Å². The summed E-state index contributed by atoms with van der Waals surface area (Å²) in [5, 5.41) is 2.61. The number of hydrogen-bond acceptors (Lipinski definition) is 4. The van der Waals surface area contributed by atoms with Crippen molar-refractivity contribution in [1.82, 2.24) is 15.1 Å². The first kappa shape index (κ1) is 21.7. The van der Waals surface area contributed by atoms with Crippen molar-refractivity contribution in [2.45, 2.75) is 51.7 Å². The van der Waals surface area contributed by atoms with Crippen LogP contribution < -0.4 is 10.1 Å². The summed E-state index contributed by atoms with van der Waals surface area (Å²) in [6.45, 7) is 0.505. The molecule has 1 aliphatic carbocycles. The zero-order valence-corrected chi connectivity index (χ0v) is 17.0. The van der Waals surface area contributed by atoms with Crippen LogP contribution in [0.1, 0.15) is 45.1 Å². The molecular weight excluding hydrogens is 396 g/mol. The molecule has 7 nitrogen and oxygen atoms in total. The number of allylic oxidation sites excluding steroid dienone is 2. The van der Waals surface area contributed by atoms with Crippen LogP contribution in [-0.4, -0.2) is 47.3 Å². The monoisotopic (exact) mass is 421 g/mol. The van der Waals surface area contributed by atoms with Gasteiger partial charge >= 0.3 is 12.6 Å². The van der Waals surface area contributed by atoms with Gasteiger partial charge in [0.05, 0.1) is 0 Å². The third-order valence-electron chi connectivity index (χ3n) is 5.46. The Morgan fingerprint density at radius 1 is 1.27 bits per heavy atom. The largest absolute Gasteiger partial charge is 0.435 e. The van der Waals surface area contributed by atoms with E-state index < -0.39 is 24.1 Å². The Morgan fingerprint density at radius 3 is 2.53 bits per heavy atom. The SMILES string of the molecule is CCN(C(=O)CN1C(=O)N[C@@](C)(c2ccc(OC(F)F)cc2)C1=O)C1=CCCCC1. The number of nitrogens with zero attached hydrogens (tertiary/aromatic N) is 2. The molecule has 2 aliphatic rings. The average Bonchev–Trinajstić information content (AvgIpc) is 2.93. The molecule has 0 radical (unpaired) electrons. The van der Waals surface area contributed by atoms with E-state index in [0.717, 1.165) is 36.3 Å². The van der Waals surface area contributed by atoms with Crippen LogP contribution in [0.5, 0.6) is 5.75 Å². The molecule has 1 fully saturated rings. The maximum Gasteiger partial charge on any atom is 0.387 e. The zero-order chi connectivity index (χ0) is 21.9. The lowest BCUT2D eigenvalue weighted by atomic mass is 9.92. The number of hydrogen-bond donors (Lipinski definition) is 1. The van der Waals surface area contributed by atoms with Crippen LogP contribution in [0.15, 0.2) is 36.0 Å². The normalized spacial score (nSPS) is 21.5. The molecule has 1 saturated heterocycles. The number of nitrogens with one attached hydrogen (secondary N) is 1. The molecule has 30 heavy (non-hydrogen) atoms. The lowest BCUT2D eigenvalue weighted by molar-refractivity contribution is -0.138. The molecule has 1 heterocycles. The second-order valence-electron chi connectivity index (χ2n) is 7.43. The number of carbonyl (C=O) groups excluding carboxylic acids is 3. The maximum atomic E-state index is 13.0. The van der Waals surface area contributed by atoms with Crippen LogP contribution in [0.4, 0.5) is 13.6 Å². The van der Waals surface area contributed by atoms with Crippen molar-refractivity contribution < 1.29 is 27.9 Å². The Balaban J connectivity index is 1.75. The molecule has 1 atom stereocenters. The molecule has 1 aromatic rings. The molecule has 0 bridgehead atoms. The summed E-state index contributed by atoms with van der Waals surface area (Å²) in [6.07, 6.45) is 5.82. The fourth-order valence-electron chi connectivity index (χ4n) is 3.83. The number of halogens is 2. The van der Waals surface area contributed by atoms with Gasteiger partial charge in [0.25, 0.3) is 5.91 Å². The average molecular weight is 421 g/mol. The first-order valence-corrected chi connectivity index (χ1v) is 9.95. The Kier molecular flexibility index (Phi) is 6.38. The smallest absolute Gasteiger partial charge is 0.387 e. The van der Waals surface area contributed by atoms with Gasteiger partial charge in [-0.05, 0) is 57.2 Å². The van der Waals surface area contributed by atoms with E-state index in [1.54, 1.807) is 4.90 Å². The van der Waals surface area contributed by atoms with E-state index in [1.807, 2.05) is 13.0 Å². The number of carbonyl (C=O) groups is 3. The molecule has 3 rings (SSSR count). The number of ether oxygens (including phenoxy) is 1. The second-order valence-corrected chi connectivity index (χ2v) is 7.43. The number of amides is 4. The van der Waals surface area contributed by atoms with E-state index in [9.17, 15) is 23.2 Å². The fourth-order valence-corrected chi connectivity index (χ4v) is 3.83. The van der Waals surface area contributed by atoms with E-state index in [4.69, 9.17) is 0 Å². The predicted molar refractivity (Wildman–Crippen MR) is 105 cm³/mol. The quantitative estimate of drug-likeness (QED) is 0.685. The molecule has 1 N–H and O–H groups in total. The molecule has 9 heteroatoms. The highest BCUT2D eigenvalue weighted by molar-refractivity contribution is 6.09. The second kappa shape index (κ2) is 8.81. The number of rotatable bonds is 7. The van der Waals surface area contributed by atoms with E-state index in [1.165, 1.54) is 31.2 Å². The molecule has 162 valence electrons. The van der Waals surface area contributed by atoms with Gasteiger partial charge in [-0.2, -0.15) is 8.78 Å². The van der Waals surface area contributed by atoms with Crippen molar-refractivity contribution >= 4 is 17.8 Å². The first-order chi connectivity index (χ1) is 14.3. The molecule has 1 aliphatic heterocycles. The van der Waals surface area contributed by atoms with Gasteiger partial charge < -0.3 is 15.0 Å². The predicted octanol–water partition coefficient (Wildman–Crippen LogP) is 3.36. The third-order valence-corrected chi connectivity index (χ3v) is 5.46. The van der Waals surface area contributed by atoms with Crippen molar-refractivity contribution in [2.24, 2.45) is 0 Å². The Hall–Kier alpha value is -2.97. The maximum absolute atomic E-state index is 13.0. The van der Waals surface area contributed by atoms with Crippen LogP contribution in [0.3, 0.4) is 0 Å². The Bertz CT molecular complexity index is 856. The van der Waals surface area contributed by atoms with E-state index in [2.05, 4.69) is 10.1 Å². The van der Waals surface area contributed by atoms with E-state index in [0.29, 0.717) is 12.1 Å². The number of imide groups is 1. The molecular formula is C21H25F2N3O4. The molecule has 4 amide bonds. The Labute approximate surface area is 173 Å². The third kappa shape index (κ3) is 4.29. The summed E-state index contributed by atoms with van der Waals surface area (Å²) in [4.78, 5) is 40.9. The van der Waals surface area contributed by atoms with Gasteiger partial charge in [0.15, 0.2) is 0 Å². The lowest BCUT2D eigenvalue weighted by Gasteiger charge is -2.28. The van der Waals surface area contributed by atoms with Crippen molar-refractivity contribution in [3.63, 3.8) is 0 Å². The standard InChI is InChI=1S/C21H25F2N3O4/c1-3-25(15-7-5-4-6-8-15)17(27)13-26-18(28)21(2,24-20(26)29)14-9-11-16(12-10-14)30-19(22)23/h7,9-12,19H,3-6,8,13H2,1-2H3,(H,24,29)/t21-/m0/s1. The molecule has 0 spiro atoms. The highest BCUT2D eigenvalue weighted by Crippen LogP contribution is 2.30. The summed E-state index contributed by atoms with van der Waals surface area (Å²) in [5.41, 5.74) is -0.0695. The molecule has 1 aromatic carbocycles. The summed E-state index contributed by atoms with van der Waals surface area (Å²) in [7, 11) is 0. The van der Waals surface area contributed by atoms with Gasteiger partial charge in [0.1, 0.15) is 17.8 Å². The topological polar surface area (TPSA) is 79.0 Å². The summed E-state index contributed by atoms with van der Waals surface area (Å²) in [6, 6.07) is 4.80. The lowest BCUT2D eigenvalue weighted by Crippen LogP contribution is -2.44. The number of likely N-dealkylation sites (N-methyl/N-ethyl adjacent to an activating group) is 1. The molecule has 0 saturated carbocycles. The van der Waals surface area contributed by atoms with E-state index >= 15 is 0 Å². The highest BCUT2D eigenvalue weighted by Gasteiger charge is 2.49. The number of alkyl halides is 2. The molecule has 0 aromatic heterocycles. The van der Waals surface area contributed by atoms with Crippen molar-refractivity contribution in [2.75, 3.05) is 13.1 Å². The van der Waals surface area contributed by atoms with Crippen LogP contribution >= 0.6 is 0 Å². The zero-order valence-electron chi connectivity index (χ0n) is 17.0. The Morgan fingerprint density at radius 2 is 1.97 bits per heavy atom. The summed E-state index contributed by atoms with van der Waals surface area (Å²) < 4.78 is 29.0. The van der Waals surface area contributed by atoms with Crippen LogP contribution in [0.25, 0.3) is 0 Å². The van der Waals surface area contributed by atoms with Crippen molar-refractivity contribution in [1.29, 1.82) is 0 Å². The van der Waals surface area contributed by atoms with Gasteiger partial charge in [-0.25, -0.2) is 4.79 Å². The first-order valence-electron chi connectivity index (χ1n) is 9.95. The minimum absolute atomic E-state index is 0.0551. The van der Waals surface area contributed by atoms with Crippen LogP contribution in [0.2, 0.25) is 0 Å². The molecule has 0 unspecified atom stereocenters. The minimum atomic E-state index is -2.96. The minimum Gasteiger partial charge on any atom is -0.435 e. The highest BCUT2D eigenvalue weighted by atomic mass is 19.3. The van der Waals surface area contributed by atoms with Crippen LogP contribution in [0, 0.1) is 0 Å². The summed E-state index contributed by atoms with van der Waals surface area (Å²) in [5.74, 6) is -0.948. The van der Waals surface area contributed by atoms with Gasteiger partial charge in [-0.3, -0.25) is 14.5 Å². The van der Waals surface area contributed by atoms with Gasteiger partial charge in [-0.15, -0.1) is 0 Å².